The number of benzene rings is 2. The van der Waals surface area contributed by atoms with Gasteiger partial charge in [0.2, 0.25) is 0 Å². The van der Waals surface area contributed by atoms with Crippen LogP contribution < -0.4 is 0 Å². The van der Waals surface area contributed by atoms with Crippen LogP contribution in [0.2, 0.25) is 0 Å². The van der Waals surface area contributed by atoms with Crippen LogP contribution in [0, 0.1) is 5.92 Å². The van der Waals surface area contributed by atoms with Crippen molar-refractivity contribution in [3.63, 3.8) is 0 Å². The van der Waals surface area contributed by atoms with E-state index in [4.69, 9.17) is 0 Å². The average Bonchev–Trinajstić information content (AvgIpc) is 2.56. The van der Waals surface area contributed by atoms with E-state index in [9.17, 15) is 4.79 Å². The second-order valence-corrected chi connectivity index (χ2v) is 8.35. The van der Waals surface area contributed by atoms with E-state index >= 15 is 0 Å². The number of thioether (sulfide) groups is 2. The van der Waals surface area contributed by atoms with E-state index in [0.717, 1.165) is 25.7 Å². The van der Waals surface area contributed by atoms with Crippen molar-refractivity contribution < 1.29 is 4.79 Å². The second-order valence-electron chi connectivity index (χ2n) is 5.63. The Morgan fingerprint density at radius 2 is 1.41 bits per heavy atom. The Labute approximate surface area is 140 Å². The fourth-order valence-electron chi connectivity index (χ4n) is 2.77. The minimum absolute atomic E-state index is 0.397. The van der Waals surface area contributed by atoms with Gasteiger partial charge in [0.05, 0.1) is 4.58 Å². The van der Waals surface area contributed by atoms with Gasteiger partial charge in [-0.05, 0) is 43.0 Å². The smallest absolute Gasteiger partial charge is 0.133 e. The molecule has 0 saturated heterocycles. The molecule has 22 heavy (non-hydrogen) atoms. The lowest BCUT2D eigenvalue weighted by atomic mass is 9.90. The zero-order valence-corrected chi connectivity index (χ0v) is 14.1. The first kappa shape index (κ1) is 15.7. The fourth-order valence-corrected chi connectivity index (χ4v) is 5.65. The van der Waals surface area contributed by atoms with Crippen LogP contribution in [0.1, 0.15) is 25.7 Å². The molecule has 0 radical (unpaired) electrons. The van der Waals surface area contributed by atoms with Crippen LogP contribution in [-0.2, 0) is 4.79 Å². The molecule has 0 heterocycles. The number of hydrogen-bond acceptors (Lipinski definition) is 3. The average molecular weight is 329 g/mol. The third-order valence-corrected chi connectivity index (χ3v) is 6.80. The molecule has 0 amide bonds. The van der Waals surface area contributed by atoms with Crippen molar-refractivity contribution in [3.05, 3.63) is 60.7 Å². The van der Waals surface area contributed by atoms with Gasteiger partial charge >= 0.3 is 0 Å². The molecule has 0 N–H and O–H groups in total. The maximum absolute atomic E-state index is 11.9. The largest absolute Gasteiger partial charge is 0.300 e. The van der Waals surface area contributed by atoms with Crippen molar-refractivity contribution >= 4 is 29.3 Å². The number of carbonyl (C=O) groups is 1. The third-order valence-electron chi connectivity index (χ3n) is 3.90. The van der Waals surface area contributed by atoms with Gasteiger partial charge in [0, 0.05) is 22.6 Å². The van der Waals surface area contributed by atoms with E-state index in [-0.39, 0.29) is 0 Å². The van der Waals surface area contributed by atoms with Crippen molar-refractivity contribution in [2.75, 3.05) is 0 Å². The molecule has 0 aromatic heterocycles. The highest BCUT2D eigenvalue weighted by Crippen LogP contribution is 2.44. The Morgan fingerprint density at radius 1 is 0.864 bits per heavy atom. The van der Waals surface area contributed by atoms with E-state index < -0.39 is 0 Å². The lowest BCUT2D eigenvalue weighted by Gasteiger charge is -2.29. The highest BCUT2D eigenvalue weighted by molar-refractivity contribution is 8.17. The van der Waals surface area contributed by atoms with Gasteiger partial charge in [0.25, 0.3) is 0 Å². The van der Waals surface area contributed by atoms with Gasteiger partial charge in [-0.15, -0.1) is 23.5 Å². The standard InChI is InChI=1S/C19H20OS2/c20-16-9-7-8-15(14-16)19(21-17-10-3-1-4-11-17)22-18-12-5-2-6-13-18/h1-6,10-13,15,19H,7-9,14H2. The molecule has 1 atom stereocenters. The lowest BCUT2D eigenvalue weighted by molar-refractivity contribution is -0.121. The Balaban J connectivity index is 1.76. The Morgan fingerprint density at radius 3 is 1.91 bits per heavy atom. The number of rotatable bonds is 5. The van der Waals surface area contributed by atoms with Crippen LogP contribution in [0.15, 0.2) is 70.5 Å². The van der Waals surface area contributed by atoms with Gasteiger partial charge in [0.1, 0.15) is 5.78 Å². The van der Waals surface area contributed by atoms with Crippen molar-refractivity contribution in [3.8, 4) is 0 Å². The summed E-state index contributed by atoms with van der Waals surface area (Å²) in [6.45, 7) is 0. The lowest BCUT2D eigenvalue weighted by Crippen LogP contribution is -2.22. The maximum atomic E-state index is 11.9. The first-order valence-corrected chi connectivity index (χ1v) is 9.52. The van der Waals surface area contributed by atoms with E-state index in [1.54, 1.807) is 0 Å². The van der Waals surface area contributed by atoms with E-state index in [1.165, 1.54) is 9.79 Å². The molecule has 0 spiro atoms. The van der Waals surface area contributed by atoms with Crippen molar-refractivity contribution in [1.82, 2.24) is 0 Å². The molecule has 0 aliphatic heterocycles. The molecule has 2 aromatic rings. The molecule has 1 aliphatic rings. The number of carbonyl (C=O) groups excluding carboxylic acids is 1. The summed E-state index contributed by atoms with van der Waals surface area (Å²) in [4.78, 5) is 14.4. The van der Waals surface area contributed by atoms with Gasteiger partial charge < -0.3 is 0 Å². The quantitative estimate of drug-likeness (QED) is 0.521. The summed E-state index contributed by atoms with van der Waals surface area (Å²) < 4.78 is 0.397. The molecular formula is C19H20OS2. The predicted octanol–water partition coefficient (Wildman–Crippen LogP) is 5.66. The highest BCUT2D eigenvalue weighted by Gasteiger charge is 2.28. The summed E-state index contributed by atoms with van der Waals surface area (Å²) in [5.41, 5.74) is 0. The summed E-state index contributed by atoms with van der Waals surface area (Å²) in [6, 6.07) is 21.1. The first-order chi connectivity index (χ1) is 10.8. The van der Waals surface area contributed by atoms with Crippen LogP contribution in [0.4, 0.5) is 0 Å². The summed E-state index contributed by atoms with van der Waals surface area (Å²) in [6.07, 6.45) is 3.72. The molecule has 3 heteroatoms. The minimum atomic E-state index is 0.397. The monoisotopic (exact) mass is 328 g/mol. The minimum Gasteiger partial charge on any atom is -0.300 e. The van der Waals surface area contributed by atoms with Crippen molar-refractivity contribution in [2.24, 2.45) is 5.92 Å². The Kier molecular flexibility index (Phi) is 5.63. The summed E-state index contributed by atoms with van der Waals surface area (Å²) in [7, 11) is 0. The normalized spacial score (nSPS) is 18.6. The van der Waals surface area contributed by atoms with Crippen LogP contribution in [0.5, 0.6) is 0 Å². The Hall–Kier alpha value is -1.19. The summed E-state index contributed by atoms with van der Waals surface area (Å²) in [5.74, 6) is 0.903. The predicted molar refractivity (Wildman–Crippen MR) is 95.4 cm³/mol. The van der Waals surface area contributed by atoms with Crippen LogP contribution in [0.25, 0.3) is 0 Å². The molecule has 0 bridgehead atoms. The van der Waals surface area contributed by atoms with E-state index in [2.05, 4.69) is 48.5 Å². The number of Topliss-reactive ketones (excluding diaryl/α,β-unsaturated/α-hetero) is 1. The van der Waals surface area contributed by atoms with Crippen molar-refractivity contribution in [1.29, 1.82) is 0 Å². The molecule has 1 nitrogen and oxygen atoms in total. The molecule has 114 valence electrons. The van der Waals surface area contributed by atoms with Gasteiger partial charge in [0.15, 0.2) is 0 Å². The number of hydrogen-bond donors (Lipinski definition) is 0. The van der Waals surface area contributed by atoms with Gasteiger partial charge in [-0.3, -0.25) is 4.79 Å². The SMILES string of the molecule is O=C1CCCC(C(Sc2ccccc2)Sc2ccccc2)C1. The van der Waals surface area contributed by atoms with Gasteiger partial charge in [-0.2, -0.15) is 0 Å². The molecule has 1 aliphatic carbocycles. The summed E-state index contributed by atoms with van der Waals surface area (Å²) in [5, 5.41) is 0. The molecular weight excluding hydrogens is 308 g/mol. The third kappa shape index (κ3) is 4.40. The Bertz CT molecular complexity index is 556. The molecule has 1 unspecified atom stereocenters. The van der Waals surface area contributed by atoms with Crippen LogP contribution in [0.3, 0.4) is 0 Å². The van der Waals surface area contributed by atoms with E-state index in [0.29, 0.717) is 16.3 Å². The van der Waals surface area contributed by atoms with Gasteiger partial charge in [-0.1, -0.05) is 36.4 Å². The number of ketones is 1. The van der Waals surface area contributed by atoms with Crippen LogP contribution >= 0.6 is 23.5 Å². The van der Waals surface area contributed by atoms with Crippen LogP contribution in [-0.4, -0.2) is 10.4 Å². The second kappa shape index (κ2) is 7.89. The van der Waals surface area contributed by atoms with E-state index in [1.807, 2.05) is 35.7 Å². The first-order valence-electron chi connectivity index (χ1n) is 7.76. The molecule has 1 fully saturated rings. The van der Waals surface area contributed by atoms with Gasteiger partial charge in [-0.25, -0.2) is 0 Å². The topological polar surface area (TPSA) is 17.1 Å². The molecule has 3 rings (SSSR count). The molecule has 1 saturated carbocycles. The fraction of sp³-hybridized carbons (Fsp3) is 0.316. The highest BCUT2D eigenvalue weighted by atomic mass is 32.2. The zero-order valence-electron chi connectivity index (χ0n) is 12.5. The van der Waals surface area contributed by atoms with Crippen molar-refractivity contribution in [2.45, 2.75) is 40.1 Å². The summed E-state index contributed by atoms with van der Waals surface area (Å²) >= 11 is 3.81. The maximum Gasteiger partial charge on any atom is 0.133 e. The molecule has 2 aromatic carbocycles. The zero-order chi connectivity index (χ0) is 15.2.